The number of sulfonamides is 1. The Morgan fingerprint density at radius 3 is 2.43 bits per heavy atom. The van der Waals surface area contributed by atoms with Crippen molar-refractivity contribution in [1.29, 1.82) is 0 Å². The zero-order valence-electron chi connectivity index (χ0n) is 15.6. The lowest BCUT2D eigenvalue weighted by Gasteiger charge is -2.26. The number of carbonyl (C=O) groups excluding carboxylic acids is 3. The first-order chi connectivity index (χ1) is 13.3. The summed E-state index contributed by atoms with van der Waals surface area (Å²) in [6, 6.07) is 5.25. The molecule has 3 rings (SSSR count). The van der Waals surface area contributed by atoms with Crippen LogP contribution in [-0.2, 0) is 19.6 Å². The van der Waals surface area contributed by atoms with Crippen molar-refractivity contribution in [2.45, 2.75) is 37.2 Å². The number of rotatable bonds is 5. The average Bonchev–Trinajstić information content (AvgIpc) is 3.13. The lowest BCUT2D eigenvalue weighted by molar-refractivity contribution is -0.136. The fraction of sp³-hybridized carbons (Fsp3) is 0.500. The van der Waals surface area contributed by atoms with Crippen LogP contribution in [0.4, 0.5) is 4.79 Å². The van der Waals surface area contributed by atoms with Gasteiger partial charge in [0.15, 0.2) is 6.10 Å². The second-order valence-electron chi connectivity index (χ2n) is 6.73. The van der Waals surface area contributed by atoms with E-state index in [9.17, 15) is 22.8 Å². The molecule has 0 saturated carbocycles. The van der Waals surface area contributed by atoms with E-state index in [-0.39, 0.29) is 17.0 Å². The van der Waals surface area contributed by atoms with Gasteiger partial charge in [0.2, 0.25) is 10.0 Å². The third kappa shape index (κ3) is 4.02. The molecule has 0 aromatic heterocycles. The Bertz CT molecular complexity index is 879. The van der Waals surface area contributed by atoms with E-state index in [1.54, 1.807) is 0 Å². The molecule has 2 fully saturated rings. The van der Waals surface area contributed by atoms with Crippen molar-refractivity contribution in [3.8, 4) is 0 Å². The number of hydrogen-bond donors (Lipinski definition) is 1. The van der Waals surface area contributed by atoms with E-state index in [1.807, 2.05) is 0 Å². The summed E-state index contributed by atoms with van der Waals surface area (Å²) >= 11 is 0. The van der Waals surface area contributed by atoms with E-state index in [1.165, 1.54) is 35.5 Å². The van der Waals surface area contributed by atoms with Crippen LogP contribution in [0.1, 0.15) is 36.5 Å². The van der Waals surface area contributed by atoms with Crippen molar-refractivity contribution >= 4 is 27.9 Å². The highest BCUT2D eigenvalue weighted by Gasteiger charge is 2.34. The summed E-state index contributed by atoms with van der Waals surface area (Å²) in [6.07, 6.45) is 1.30. The van der Waals surface area contributed by atoms with Crippen LogP contribution in [0, 0.1) is 0 Å². The molecule has 1 aromatic carbocycles. The molecule has 10 heteroatoms. The minimum Gasteiger partial charge on any atom is -0.449 e. The molecule has 0 aliphatic carbocycles. The molecule has 0 spiro atoms. The Labute approximate surface area is 163 Å². The molecule has 0 radical (unpaired) electrons. The number of amides is 3. The fourth-order valence-corrected chi connectivity index (χ4v) is 4.98. The molecule has 9 nitrogen and oxygen atoms in total. The Morgan fingerprint density at radius 1 is 1.11 bits per heavy atom. The van der Waals surface area contributed by atoms with E-state index in [0.29, 0.717) is 19.6 Å². The number of nitrogens with one attached hydrogen (secondary N) is 1. The largest absolute Gasteiger partial charge is 0.449 e. The topological polar surface area (TPSA) is 113 Å². The molecule has 2 aliphatic rings. The number of piperidine rings is 1. The number of hydrogen-bond acceptors (Lipinski definition) is 6. The summed E-state index contributed by atoms with van der Waals surface area (Å²) < 4.78 is 32.5. The highest BCUT2D eigenvalue weighted by Crippen LogP contribution is 2.24. The van der Waals surface area contributed by atoms with Crippen LogP contribution in [0.2, 0.25) is 0 Å². The van der Waals surface area contributed by atoms with Gasteiger partial charge in [0.1, 0.15) is 0 Å². The maximum absolute atomic E-state index is 13.0. The molecule has 1 N–H and O–H groups in total. The highest BCUT2D eigenvalue weighted by atomic mass is 32.2. The number of imide groups is 1. The van der Waals surface area contributed by atoms with Gasteiger partial charge in [0.25, 0.3) is 5.91 Å². The summed E-state index contributed by atoms with van der Waals surface area (Å²) in [6.45, 7) is 2.70. The van der Waals surface area contributed by atoms with Crippen LogP contribution in [0.15, 0.2) is 29.2 Å². The van der Waals surface area contributed by atoms with Gasteiger partial charge in [-0.15, -0.1) is 0 Å². The first-order valence-electron chi connectivity index (χ1n) is 9.22. The van der Waals surface area contributed by atoms with Gasteiger partial charge in [-0.3, -0.25) is 9.69 Å². The standard InChI is InChI=1S/C18H23N3O6S/c1-13(16(22)21-12-9-19-18(21)24)27-17(23)14-7-3-4-8-15(14)28(25,26)20-10-5-2-6-11-20/h3-4,7-8,13H,2,5-6,9-12H2,1H3,(H,19,24)/t13-/m1/s1. The molecule has 2 aliphatic heterocycles. The third-order valence-electron chi connectivity index (χ3n) is 4.79. The van der Waals surface area contributed by atoms with Crippen LogP contribution >= 0.6 is 0 Å². The lowest BCUT2D eigenvalue weighted by atomic mass is 10.2. The van der Waals surface area contributed by atoms with Crippen molar-refractivity contribution in [2.75, 3.05) is 26.2 Å². The predicted molar refractivity (Wildman–Crippen MR) is 99.0 cm³/mol. The molecular formula is C18H23N3O6S. The third-order valence-corrected chi connectivity index (χ3v) is 6.75. The van der Waals surface area contributed by atoms with Gasteiger partial charge in [0.05, 0.1) is 10.5 Å². The van der Waals surface area contributed by atoms with Crippen molar-refractivity contribution < 1.29 is 27.5 Å². The molecule has 2 saturated heterocycles. The summed E-state index contributed by atoms with van der Waals surface area (Å²) in [5.41, 5.74) is -0.126. The summed E-state index contributed by atoms with van der Waals surface area (Å²) in [5.74, 6) is -1.57. The van der Waals surface area contributed by atoms with Crippen LogP contribution in [0.3, 0.4) is 0 Å². The molecule has 2 heterocycles. The highest BCUT2D eigenvalue weighted by molar-refractivity contribution is 7.89. The SMILES string of the molecule is C[C@@H](OC(=O)c1ccccc1S(=O)(=O)N1CCCCC1)C(=O)N1CCNC1=O. The number of urea groups is 1. The molecule has 0 bridgehead atoms. The lowest BCUT2D eigenvalue weighted by Crippen LogP contribution is -2.42. The van der Waals surface area contributed by atoms with Gasteiger partial charge in [-0.25, -0.2) is 18.0 Å². The zero-order chi connectivity index (χ0) is 20.3. The number of esters is 1. The summed E-state index contributed by atoms with van der Waals surface area (Å²) in [5, 5.41) is 2.50. The van der Waals surface area contributed by atoms with Gasteiger partial charge < -0.3 is 10.1 Å². The van der Waals surface area contributed by atoms with Crippen LogP contribution in [0.25, 0.3) is 0 Å². The molecule has 3 amide bonds. The Hall–Kier alpha value is -2.46. The molecule has 1 aromatic rings. The average molecular weight is 409 g/mol. The Kier molecular flexibility index (Phi) is 5.99. The van der Waals surface area contributed by atoms with Crippen LogP contribution in [-0.4, -0.2) is 67.8 Å². The van der Waals surface area contributed by atoms with Gasteiger partial charge >= 0.3 is 12.0 Å². The van der Waals surface area contributed by atoms with Crippen LogP contribution < -0.4 is 5.32 Å². The Morgan fingerprint density at radius 2 is 1.79 bits per heavy atom. The van der Waals surface area contributed by atoms with Gasteiger partial charge in [-0.1, -0.05) is 18.6 Å². The van der Waals surface area contributed by atoms with Crippen LogP contribution in [0.5, 0.6) is 0 Å². The normalized spacial score (nSPS) is 19.2. The predicted octanol–water partition coefficient (Wildman–Crippen LogP) is 0.958. The van der Waals surface area contributed by atoms with E-state index < -0.39 is 34.0 Å². The van der Waals surface area contributed by atoms with E-state index >= 15 is 0 Å². The van der Waals surface area contributed by atoms with E-state index in [0.717, 1.165) is 24.2 Å². The molecular weight excluding hydrogens is 386 g/mol. The number of benzene rings is 1. The molecule has 28 heavy (non-hydrogen) atoms. The minimum atomic E-state index is -3.85. The Balaban J connectivity index is 1.79. The summed E-state index contributed by atoms with van der Waals surface area (Å²) in [4.78, 5) is 37.4. The minimum absolute atomic E-state index is 0.126. The maximum Gasteiger partial charge on any atom is 0.340 e. The fourth-order valence-electron chi connectivity index (χ4n) is 3.28. The number of ether oxygens (including phenoxy) is 1. The zero-order valence-corrected chi connectivity index (χ0v) is 16.4. The van der Waals surface area contributed by atoms with Gasteiger partial charge in [-0.2, -0.15) is 4.31 Å². The van der Waals surface area contributed by atoms with Crippen molar-refractivity contribution in [2.24, 2.45) is 0 Å². The second kappa shape index (κ2) is 8.27. The second-order valence-corrected chi connectivity index (χ2v) is 8.64. The van der Waals surface area contributed by atoms with Gasteiger partial charge in [-0.05, 0) is 31.9 Å². The quantitative estimate of drug-likeness (QED) is 0.725. The number of carbonyl (C=O) groups is 3. The van der Waals surface area contributed by atoms with Crippen molar-refractivity contribution in [1.82, 2.24) is 14.5 Å². The smallest absolute Gasteiger partial charge is 0.340 e. The molecule has 152 valence electrons. The van der Waals surface area contributed by atoms with E-state index in [4.69, 9.17) is 4.74 Å². The first kappa shape index (κ1) is 20.3. The van der Waals surface area contributed by atoms with Crippen molar-refractivity contribution in [3.63, 3.8) is 0 Å². The van der Waals surface area contributed by atoms with Crippen molar-refractivity contribution in [3.05, 3.63) is 29.8 Å². The maximum atomic E-state index is 13.0. The van der Waals surface area contributed by atoms with E-state index in [2.05, 4.69) is 5.32 Å². The number of nitrogens with zero attached hydrogens (tertiary/aromatic N) is 2. The first-order valence-corrected chi connectivity index (χ1v) is 10.7. The monoisotopic (exact) mass is 409 g/mol. The molecule has 0 unspecified atom stereocenters. The summed E-state index contributed by atoms with van der Waals surface area (Å²) in [7, 11) is -3.85. The molecule has 1 atom stereocenters. The van der Waals surface area contributed by atoms with Gasteiger partial charge in [0, 0.05) is 26.2 Å².